The zero-order valence-corrected chi connectivity index (χ0v) is 12.1. The first-order valence-corrected chi connectivity index (χ1v) is 6.72. The SMILES string of the molecule is CCC(C)(C)C(NC)c1cc2cc(Cl)ccc2o1. The van der Waals surface area contributed by atoms with Crippen molar-refractivity contribution < 1.29 is 4.42 Å². The Morgan fingerprint density at radius 3 is 2.67 bits per heavy atom. The lowest BCUT2D eigenvalue weighted by molar-refractivity contribution is 0.219. The highest BCUT2D eigenvalue weighted by Crippen LogP contribution is 2.38. The van der Waals surface area contributed by atoms with E-state index in [0.29, 0.717) is 0 Å². The van der Waals surface area contributed by atoms with Crippen molar-refractivity contribution in [1.82, 2.24) is 5.32 Å². The van der Waals surface area contributed by atoms with Gasteiger partial charge in [0.1, 0.15) is 11.3 Å². The third kappa shape index (κ3) is 2.40. The molecule has 2 rings (SSSR count). The Hall–Kier alpha value is -0.990. The number of hydrogen-bond acceptors (Lipinski definition) is 2. The van der Waals surface area contributed by atoms with Crippen LogP contribution in [0.3, 0.4) is 0 Å². The molecule has 0 aliphatic rings. The summed E-state index contributed by atoms with van der Waals surface area (Å²) in [5.41, 5.74) is 1.04. The Morgan fingerprint density at radius 1 is 1.33 bits per heavy atom. The quantitative estimate of drug-likeness (QED) is 0.860. The van der Waals surface area contributed by atoms with Crippen LogP contribution >= 0.6 is 11.6 Å². The lowest BCUT2D eigenvalue weighted by Crippen LogP contribution is -2.31. The molecule has 1 N–H and O–H groups in total. The third-order valence-electron chi connectivity index (χ3n) is 3.76. The van der Waals surface area contributed by atoms with E-state index >= 15 is 0 Å². The van der Waals surface area contributed by atoms with Crippen LogP contribution in [-0.2, 0) is 0 Å². The van der Waals surface area contributed by atoms with Crippen LogP contribution in [0, 0.1) is 5.41 Å². The van der Waals surface area contributed by atoms with Crippen molar-refractivity contribution in [1.29, 1.82) is 0 Å². The summed E-state index contributed by atoms with van der Waals surface area (Å²) in [5.74, 6) is 0.974. The molecule has 0 radical (unpaired) electrons. The molecule has 3 heteroatoms. The molecule has 1 aromatic carbocycles. The van der Waals surface area contributed by atoms with E-state index in [2.05, 4.69) is 32.2 Å². The van der Waals surface area contributed by atoms with E-state index in [0.717, 1.165) is 28.2 Å². The van der Waals surface area contributed by atoms with Crippen LogP contribution in [0.5, 0.6) is 0 Å². The predicted molar refractivity (Wildman–Crippen MR) is 77.1 cm³/mol. The summed E-state index contributed by atoms with van der Waals surface area (Å²) >= 11 is 6.00. The van der Waals surface area contributed by atoms with E-state index in [9.17, 15) is 0 Å². The van der Waals surface area contributed by atoms with Gasteiger partial charge in [0, 0.05) is 10.4 Å². The molecule has 0 saturated heterocycles. The highest BCUT2D eigenvalue weighted by Gasteiger charge is 2.30. The number of nitrogens with one attached hydrogen (secondary N) is 1. The van der Waals surface area contributed by atoms with E-state index in [1.54, 1.807) is 0 Å². The van der Waals surface area contributed by atoms with Crippen LogP contribution in [-0.4, -0.2) is 7.05 Å². The largest absolute Gasteiger partial charge is 0.459 e. The van der Waals surface area contributed by atoms with E-state index in [-0.39, 0.29) is 11.5 Å². The summed E-state index contributed by atoms with van der Waals surface area (Å²) < 4.78 is 5.94. The average molecular weight is 266 g/mol. The summed E-state index contributed by atoms with van der Waals surface area (Å²) in [5, 5.41) is 5.16. The van der Waals surface area contributed by atoms with Crippen molar-refractivity contribution in [2.24, 2.45) is 5.41 Å². The fraction of sp³-hybridized carbons (Fsp3) is 0.467. The minimum absolute atomic E-state index is 0.145. The molecule has 0 fully saturated rings. The van der Waals surface area contributed by atoms with E-state index < -0.39 is 0 Å². The zero-order chi connectivity index (χ0) is 13.3. The summed E-state index contributed by atoms with van der Waals surface area (Å²) in [6.45, 7) is 6.69. The lowest BCUT2D eigenvalue weighted by Gasteiger charge is -2.31. The zero-order valence-electron chi connectivity index (χ0n) is 11.4. The normalized spacial score (nSPS) is 14.1. The molecule has 0 bridgehead atoms. The summed E-state index contributed by atoms with van der Waals surface area (Å²) in [6, 6.07) is 8.01. The fourth-order valence-corrected chi connectivity index (χ4v) is 2.48. The molecule has 1 heterocycles. The lowest BCUT2D eigenvalue weighted by atomic mass is 9.80. The molecule has 98 valence electrons. The second kappa shape index (κ2) is 4.94. The van der Waals surface area contributed by atoms with Crippen LogP contribution in [0.15, 0.2) is 28.7 Å². The molecule has 18 heavy (non-hydrogen) atoms. The third-order valence-corrected chi connectivity index (χ3v) is 4.00. The topological polar surface area (TPSA) is 25.2 Å². The minimum Gasteiger partial charge on any atom is -0.459 e. The van der Waals surface area contributed by atoms with E-state index in [4.69, 9.17) is 16.0 Å². The van der Waals surface area contributed by atoms with Crippen LogP contribution in [0.2, 0.25) is 5.02 Å². The Kier molecular flexibility index (Phi) is 3.69. The van der Waals surface area contributed by atoms with E-state index in [1.165, 1.54) is 0 Å². The molecule has 2 aromatic rings. The molecule has 0 aliphatic carbocycles. The molecule has 0 aliphatic heterocycles. The minimum atomic E-state index is 0.145. The van der Waals surface area contributed by atoms with Gasteiger partial charge in [-0.05, 0) is 43.1 Å². The van der Waals surface area contributed by atoms with Crippen molar-refractivity contribution in [3.8, 4) is 0 Å². The standard InChI is InChI=1S/C15H20ClNO/c1-5-15(2,3)14(17-4)13-9-10-8-11(16)6-7-12(10)18-13/h6-9,14,17H,5H2,1-4H3. The maximum absolute atomic E-state index is 6.00. The summed E-state index contributed by atoms with van der Waals surface area (Å²) in [7, 11) is 1.97. The summed E-state index contributed by atoms with van der Waals surface area (Å²) in [6.07, 6.45) is 1.08. The smallest absolute Gasteiger partial charge is 0.134 e. The number of furan rings is 1. The van der Waals surface area contributed by atoms with Gasteiger partial charge in [0.25, 0.3) is 0 Å². The van der Waals surface area contributed by atoms with Gasteiger partial charge in [-0.1, -0.05) is 32.4 Å². The first kappa shape index (κ1) is 13.4. The van der Waals surface area contributed by atoms with Crippen molar-refractivity contribution >= 4 is 22.6 Å². The molecule has 0 spiro atoms. The molecular formula is C15H20ClNO. The number of fused-ring (bicyclic) bond motifs is 1. The van der Waals surface area contributed by atoms with Gasteiger partial charge in [-0.25, -0.2) is 0 Å². The van der Waals surface area contributed by atoms with Gasteiger partial charge in [0.15, 0.2) is 0 Å². The fourth-order valence-electron chi connectivity index (χ4n) is 2.30. The van der Waals surface area contributed by atoms with Gasteiger partial charge in [-0.15, -0.1) is 0 Å². The van der Waals surface area contributed by atoms with E-state index in [1.807, 2.05) is 25.2 Å². The summed E-state index contributed by atoms with van der Waals surface area (Å²) in [4.78, 5) is 0. The van der Waals surface area contributed by atoms with Gasteiger partial charge in [0.05, 0.1) is 6.04 Å². The van der Waals surface area contributed by atoms with Crippen molar-refractivity contribution in [3.63, 3.8) is 0 Å². The number of halogens is 1. The first-order valence-electron chi connectivity index (χ1n) is 6.34. The Labute approximate surface area is 113 Å². The maximum atomic E-state index is 6.00. The van der Waals surface area contributed by atoms with Gasteiger partial charge in [-0.2, -0.15) is 0 Å². The molecule has 1 atom stereocenters. The molecule has 2 nitrogen and oxygen atoms in total. The highest BCUT2D eigenvalue weighted by atomic mass is 35.5. The molecular weight excluding hydrogens is 246 g/mol. The Morgan fingerprint density at radius 2 is 2.06 bits per heavy atom. The van der Waals surface area contributed by atoms with Gasteiger partial charge in [-0.3, -0.25) is 0 Å². The van der Waals surface area contributed by atoms with Crippen molar-refractivity contribution in [3.05, 3.63) is 35.0 Å². The van der Waals surface area contributed by atoms with Gasteiger partial charge >= 0.3 is 0 Å². The molecule has 0 saturated carbocycles. The second-order valence-electron chi connectivity index (χ2n) is 5.39. The second-order valence-corrected chi connectivity index (χ2v) is 5.83. The number of hydrogen-bond donors (Lipinski definition) is 1. The molecule has 1 aromatic heterocycles. The van der Waals surface area contributed by atoms with Gasteiger partial charge < -0.3 is 9.73 Å². The Bertz CT molecular complexity index is 544. The number of benzene rings is 1. The van der Waals surface area contributed by atoms with Crippen molar-refractivity contribution in [2.45, 2.75) is 33.2 Å². The van der Waals surface area contributed by atoms with Crippen molar-refractivity contribution in [2.75, 3.05) is 7.05 Å². The van der Waals surface area contributed by atoms with Crippen LogP contribution in [0.4, 0.5) is 0 Å². The molecule has 1 unspecified atom stereocenters. The average Bonchev–Trinajstić information content (AvgIpc) is 2.72. The Balaban J connectivity index is 2.46. The van der Waals surface area contributed by atoms with Crippen LogP contribution in [0.25, 0.3) is 11.0 Å². The number of rotatable bonds is 4. The predicted octanol–water partition coefficient (Wildman–Crippen LogP) is 4.78. The van der Waals surface area contributed by atoms with Crippen LogP contribution < -0.4 is 5.32 Å². The first-order chi connectivity index (χ1) is 8.47. The monoisotopic (exact) mass is 265 g/mol. The van der Waals surface area contributed by atoms with Gasteiger partial charge in [0.2, 0.25) is 0 Å². The maximum Gasteiger partial charge on any atom is 0.134 e. The van der Waals surface area contributed by atoms with Crippen LogP contribution in [0.1, 0.15) is 39.0 Å². The molecule has 0 amide bonds. The highest BCUT2D eigenvalue weighted by molar-refractivity contribution is 6.31.